The van der Waals surface area contributed by atoms with Crippen LogP contribution in [0.5, 0.6) is 0 Å². The highest BCUT2D eigenvalue weighted by atomic mass is 19.1. The Bertz CT molecular complexity index is 354. The van der Waals surface area contributed by atoms with Crippen molar-refractivity contribution in [3.63, 3.8) is 0 Å². The Kier molecular flexibility index (Phi) is 4.62. The molecule has 0 saturated heterocycles. The highest BCUT2D eigenvalue weighted by Gasteiger charge is 2.10. The van der Waals surface area contributed by atoms with E-state index in [4.69, 9.17) is 4.74 Å². The van der Waals surface area contributed by atoms with E-state index in [1.165, 1.54) is 12.1 Å². The molecule has 1 aromatic rings. The fourth-order valence-corrected chi connectivity index (χ4v) is 1.49. The molecule has 1 unspecified atom stereocenters. The van der Waals surface area contributed by atoms with Gasteiger partial charge in [-0.3, -0.25) is 4.79 Å². The molecule has 2 nitrogen and oxygen atoms in total. The average molecular weight is 224 g/mol. The number of halogens is 1. The zero-order valence-electron chi connectivity index (χ0n) is 9.92. The van der Waals surface area contributed by atoms with Crippen molar-refractivity contribution in [3.05, 3.63) is 35.1 Å². The third-order valence-corrected chi connectivity index (χ3v) is 2.54. The number of hydrogen-bond donors (Lipinski definition) is 0. The Morgan fingerprint density at radius 1 is 1.44 bits per heavy atom. The number of rotatable bonds is 5. The van der Waals surface area contributed by atoms with E-state index in [9.17, 15) is 9.18 Å². The van der Waals surface area contributed by atoms with Gasteiger partial charge in [0.1, 0.15) is 5.82 Å². The number of methoxy groups -OCH3 is 1. The number of benzene rings is 1. The minimum Gasteiger partial charge on any atom is -0.382 e. The van der Waals surface area contributed by atoms with Crippen LogP contribution in [-0.4, -0.2) is 19.0 Å². The van der Waals surface area contributed by atoms with Gasteiger partial charge in [0.15, 0.2) is 5.78 Å². The number of carbonyl (C=O) groups is 1. The normalized spacial score (nSPS) is 12.5. The van der Waals surface area contributed by atoms with Gasteiger partial charge in [-0.2, -0.15) is 0 Å². The van der Waals surface area contributed by atoms with Crippen LogP contribution >= 0.6 is 0 Å². The van der Waals surface area contributed by atoms with E-state index >= 15 is 0 Å². The van der Waals surface area contributed by atoms with Gasteiger partial charge in [0, 0.05) is 19.1 Å². The van der Waals surface area contributed by atoms with Crippen molar-refractivity contribution < 1.29 is 13.9 Å². The molecule has 0 aromatic heterocycles. The van der Waals surface area contributed by atoms with Crippen LogP contribution < -0.4 is 0 Å². The summed E-state index contributed by atoms with van der Waals surface area (Å²) in [5, 5.41) is 0. The maximum Gasteiger partial charge on any atom is 0.163 e. The van der Waals surface area contributed by atoms with Crippen LogP contribution in [0.25, 0.3) is 0 Å². The van der Waals surface area contributed by atoms with Crippen molar-refractivity contribution in [1.82, 2.24) is 0 Å². The lowest BCUT2D eigenvalue weighted by atomic mass is 10.0. The topological polar surface area (TPSA) is 26.3 Å². The molecule has 0 aliphatic carbocycles. The monoisotopic (exact) mass is 224 g/mol. The number of carbonyl (C=O) groups excluding carboxylic acids is 1. The van der Waals surface area contributed by atoms with Crippen molar-refractivity contribution >= 4 is 5.78 Å². The van der Waals surface area contributed by atoms with Gasteiger partial charge >= 0.3 is 0 Å². The first-order valence-electron chi connectivity index (χ1n) is 5.36. The number of hydrogen-bond acceptors (Lipinski definition) is 2. The van der Waals surface area contributed by atoms with E-state index in [1.54, 1.807) is 20.1 Å². The molecule has 0 aliphatic heterocycles. The van der Waals surface area contributed by atoms with E-state index < -0.39 is 0 Å². The number of ether oxygens (including phenoxy) is 1. The molecule has 0 spiro atoms. The van der Waals surface area contributed by atoms with Crippen molar-refractivity contribution in [1.29, 1.82) is 0 Å². The first kappa shape index (κ1) is 12.8. The first-order chi connectivity index (χ1) is 7.52. The van der Waals surface area contributed by atoms with Crippen LogP contribution in [0.1, 0.15) is 35.7 Å². The minimum atomic E-state index is -0.358. The molecule has 0 aliphatic rings. The van der Waals surface area contributed by atoms with Crippen LogP contribution in [0.3, 0.4) is 0 Å². The average Bonchev–Trinajstić information content (AvgIpc) is 2.23. The van der Waals surface area contributed by atoms with Crippen LogP contribution in [0.2, 0.25) is 0 Å². The maximum absolute atomic E-state index is 13.1. The van der Waals surface area contributed by atoms with Gasteiger partial charge in [-0.25, -0.2) is 4.39 Å². The Morgan fingerprint density at radius 2 is 2.12 bits per heavy atom. The van der Waals surface area contributed by atoms with E-state index in [0.29, 0.717) is 18.4 Å². The van der Waals surface area contributed by atoms with Gasteiger partial charge in [0.2, 0.25) is 0 Å². The molecule has 16 heavy (non-hydrogen) atoms. The van der Waals surface area contributed by atoms with Crippen LogP contribution in [0.15, 0.2) is 18.2 Å². The van der Waals surface area contributed by atoms with Crippen molar-refractivity contribution in [2.45, 2.75) is 32.8 Å². The van der Waals surface area contributed by atoms with E-state index in [-0.39, 0.29) is 17.7 Å². The van der Waals surface area contributed by atoms with Gasteiger partial charge in [-0.1, -0.05) is 0 Å². The van der Waals surface area contributed by atoms with E-state index in [0.717, 1.165) is 5.56 Å². The summed E-state index contributed by atoms with van der Waals surface area (Å²) in [7, 11) is 1.61. The first-order valence-corrected chi connectivity index (χ1v) is 5.36. The molecule has 0 saturated carbocycles. The molecule has 0 bridgehead atoms. The van der Waals surface area contributed by atoms with Gasteiger partial charge in [0.05, 0.1) is 6.10 Å². The van der Waals surface area contributed by atoms with Crippen molar-refractivity contribution in [3.8, 4) is 0 Å². The van der Waals surface area contributed by atoms with Crippen LogP contribution in [-0.2, 0) is 4.74 Å². The Balaban J connectivity index is 2.66. The van der Waals surface area contributed by atoms with Gasteiger partial charge in [-0.05, 0) is 44.0 Å². The zero-order chi connectivity index (χ0) is 12.1. The molecule has 1 aromatic carbocycles. The van der Waals surface area contributed by atoms with E-state index in [1.807, 2.05) is 6.92 Å². The second-order valence-electron chi connectivity index (χ2n) is 4.03. The summed E-state index contributed by atoms with van der Waals surface area (Å²) >= 11 is 0. The molecule has 0 heterocycles. The molecule has 0 radical (unpaired) electrons. The molecule has 1 atom stereocenters. The molecular weight excluding hydrogens is 207 g/mol. The number of Topliss-reactive ketones (excluding diaryl/α,β-unsaturated/α-hetero) is 1. The second kappa shape index (κ2) is 5.75. The highest BCUT2D eigenvalue weighted by molar-refractivity contribution is 5.96. The third kappa shape index (κ3) is 3.74. The fraction of sp³-hybridized carbons (Fsp3) is 0.462. The summed E-state index contributed by atoms with van der Waals surface area (Å²) in [6.07, 6.45) is 1.10. The van der Waals surface area contributed by atoms with Gasteiger partial charge in [0.25, 0.3) is 0 Å². The summed E-state index contributed by atoms with van der Waals surface area (Å²) < 4.78 is 18.1. The van der Waals surface area contributed by atoms with Gasteiger partial charge < -0.3 is 4.74 Å². The summed E-state index contributed by atoms with van der Waals surface area (Å²) in [6.45, 7) is 3.68. The Labute approximate surface area is 95.4 Å². The zero-order valence-corrected chi connectivity index (χ0v) is 9.92. The number of ketones is 1. The molecule has 0 amide bonds. The molecule has 88 valence electrons. The minimum absolute atomic E-state index is 0.0356. The molecular formula is C13H17FO2. The standard InChI is InChI=1S/C13H17FO2/c1-9-6-11(8-12(14)7-9)13(15)5-4-10(2)16-3/h6-8,10H,4-5H2,1-3H3. The highest BCUT2D eigenvalue weighted by Crippen LogP contribution is 2.12. The van der Waals surface area contributed by atoms with E-state index in [2.05, 4.69) is 0 Å². The summed E-state index contributed by atoms with van der Waals surface area (Å²) in [5.74, 6) is -0.394. The smallest absolute Gasteiger partial charge is 0.163 e. The Hall–Kier alpha value is -1.22. The molecule has 0 fully saturated rings. The lowest BCUT2D eigenvalue weighted by Gasteiger charge is -2.08. The predicted molar refractivity (Wildman–Crippen MR) is 61.2 cm³/mol. The Morgan fingerprint density at radius 3 is 2.69 bits per heavy atom. The predicted octanol–water partition coefficient (Wildman–Crippen LogP) is 3.13. The lowest BCUT2D eigenvalue weighted by molar-refractivity contribution is 0.0877. The van der Waals surface area contributed by atoms with Crippen molar-refractivity contribution in [2.24, 2.45) is 0 Å². The fourth-order valence-electron chi connectivity index (χ4n) is 1.49. The quantitative estimate of drug-likeness (QED) is 0.718. The maximum atomic E-state index is 13.1. The molecule has 3 heteroatoms. The number of aryl methyl sites for hydroxylation is 1. The molecule has 0 N–H and O–H groups in total. The largest absolute Gasteiger partial charge is 0.382 e. The SMILES string of the molecule is COC(C)CCC(=O)c1cc(C)cc(F)c1. The summed E-state index contributed by atoms with van der Waals surface area (Å²) in [5.41, 5.74) is 1.21. The van der Waals surface area contributed by atoms with Crippen molar-refractivity contribution in [2.75, 3.05) is 7.11 Å². The van der Waals surface area contributed by atoms with Crippen LogP contribution in [0, 0.1) is 12.7 Å². The van der Waals surface area contributed by atoms with Crippen LogP contribution in [0.4, 0.5) is 4.39 Å². The lowest BCUT2D eigenvalue weighted by Crippen LogP contribution is -2.09. The summed E-state index contributed by atoms with van der Waals surface area (Å²) in [4.78, 5) is 11.7. The molecule has 1 rings (SSSR count). The van der Waals surface area contributed by atoms with Gasteiger partial charge in [-0.15, -0.1) is 0 Å². The second-order valence-corrected chi connectivity index (χ2v) is 4.03. The third-order valence-electron chi connectivity index (χ3n) is 2.54. The summed E-state index contributed by atoms with van der Waals surface area (Å²) in [6, 6.07) is 4.41.